The molecule has 6 nitrogen and oxygen atoms in total. The summed E-state index contributed by atoms with van der Waals surface area (Å²) in [7, 11) is 1.94. The zero-order chi connectivity index (χ0) is 19.3. The number of anilines is 1. The summed E-state index contributed by atoms with van der Waals surface area (Å²) >= 11 is 0. The lowest BCUT2D eigenvalue weighted by Gasteiger charge is -2.24. The molecular formula is C20H22FN3O3. The Morgan fingerprint density at radius 2 is 2.15 bits per heavy atom. The Bertz CT molecular complexity index is 1040. The average molecular weight is 371 g/mol. The second kappa shape index (κ2) is 6.49. The number of nitrogens with one attached hydrogen (secondary N) is 1. The first-order chi connectivity index (χ1) is 12.9. The van der Waals surface area contributed by atoms with Crippen LogP contribution in [0, 0.1) is 5.82 Å². The van der Waals surface area contributed by atoms with Crippen molar-refractivity contribution < 1.29 is 14.3 Å². The van der Waals surface area contributed by atoms with Crippen LogP contribution in [-0.4, -0.2) is 41.8 Å². The third-order valence-electron chi connectivity index (χ3n) is 5.76. The van der Waals surface area contributed by atoms with Gasteiger partial charge in [-0.15, -0.1) is 0 Å². The van der Waals surface area contributed by atoms with Gasteiger partial charge in [-0.25, -0.2) is 9.18 Å². The molecule has 2 aromatic rings. The van der Waals surface area contributed by atoms with Gasteiger partial charge in [0.2, 0.25) is 5.43 Å². The number of carboxylic acids is 1. The lowest BCUT2D eigenvalue weighted by atomic mass is 10.1. The summed E-state index contributed by atoms with van der Waals surface area (Å²) in [6, 6.07) is 3.21. The van der Waals surface area contributed by atoms with Crippen molar-refractivity contribution in [3.8, 4) is 0 Å². The number of benzene rings is 1. The molecule has 0 amide bonds. The van der Waals surface area contributed by atoms with E-state index >= 15 is 0 Å². The lowest BCUT2D eigenvalue weighted by molar-refractivity contribution is 0.0695. The van der Waals surface area contributed by atoms with E-state index in [1.165, 1.54) is 23.4 Å². The number of nitrogens with zero attached hydrogens (tertiary/aromatic N) is 2. The molecule has 2 heterocycles. The molecule has 1 unspecified atom stereocenters. The zero-order valence-corrected chi connectivity index (χ0v) is 15.4. The van der Waals surface area contributed by atoms with Crippen molar-refractivity contribution in [3.63, 3.8) is 0 Å². The van der Waals surface area contributed by atoms with Crippen molar-refractivity contribution in [3.05, 3.63) is 51.1 Å². The third-order valence-corrected chi connectivity index (χ3v) is 5.76. The Labute approximate surface area is 155 Å². The molecule has 4 rings (SSSR count). The molecule has 1 aliphatic heterocycles. The lowest BCUT2D eigenvalue weighted by Crippen LogP contribution is -2.30. The highest BCUT2D eigenvalue weighted by molar-refractivity contribution is 5.93. The summed E-state index contributed by atoms with van der Waals surface area (Å²) in [6.45, 7) is 3.72. The summed E-state index contributed by atoms with van der Waals surface area (Å²) in [4.78, 5) is 25.8. The zero-order valence-electron chi connectivity index (χ0n) is 15.4. The van der Waals surface area contributed by atoms with Crippen molar-refractivity contribution in [2.45, 2.75) is 32.4 Å². The maximum absolute atomic E-state index is 14.9. The van der Waals surface area contributed by atoms with Gasteiger partial charge in [0, 0.05) is 37.3 Å². The fourth-order valence-electron chi connectivity index (χ4n) is 4.34. The summed E-state index contributed by atoms with van der Waals surface area (Å²) in [6.07, 6.45) is 3.45. The quantitative estimate of drug-likeness (QED) is 0.807. The predicted octanol–water partition coefficient (Wildman–Crippen LogP) is 2.36. The van der Waals surface area contributed by atoms with Gasteiger partial charge < -0.3 is 19.9 Å². The molecule has 2 N–H and O–H groups in total. The van der Waals surface area contributed by atoms with Crippen LogP contribution in [0.25, 0.3) is 10.9 Å². The number of carbonyl (C=O) groups is 1. The molecule has 0 radical (unpaired) electrons. The summed E-state index contributed by atoms with van der Waals surface area (Å²) in [5, 5.41) is 12.7. The van der Waals surface area contributed by atoms with Gasteiger partial charge >= 0.3 is 5.97 Å². The maximum Gasteiger partial charge on any atom is 0.341 e. The number of halogens is 1. The number of hydrogen-bond acceptors (Lipinski definition) is 4. The summed E-state index contributed by atoms with van der Waals surface area (Å²) in [5.74, 6) is -1.79. The molecule has 1 aromatic carbocycles. The van der Waals surface area contributed by atoms with E-state index in [-0.39, 0.29) is 10.9 Å². The van der Waals surface area contributed by atoms with Crippen molar-refractivity contribution in [2.24, 2.45) is 0 Å². The molecule has 0 saturated heterocycles. The highest BCUT2D eigenvalue weighted by atomic mass is 19.1. The van der Waals surface area contributed by atoms with Crippen LogP contribution in [0.15, 0.2) is 34.3 Å². The van der Waals surface area contributed by atoms with Crippen LogP contribution in [0.4, 0.5) is 10.1 Å². The molecule has 7 heteroatoms. The molecular weight excluding hydrogens is 349 g/mol. The van der Waals surface area contributed by atoms with Crippen LogP contribution in [0.1, 0.15) is 30.1 Å². The first-order valence-corrected chi connectivity index (χ1v) is 9.17. The molecule has 1 aliphatic carbocycles. The third kappa shape index (κ3) is 2.73. The van der Waals surface area contributed by atoms with Crippen LogP contribution in [0.5, 0.6) is 0 Å². The molecule has 1 atom stereocenters. The molecule has 2 aliphatic rings. The number of hydrogen-bond donors (Lipinski definition) is 2. The molecule has 142 valence electrons. The van der Waals surface area contributed by atoms with Gasteiger partial charge in [-0.1, -0.05) is 0 Å². The molecule has 0 spiro atoms. The minimum Gasteiger partial charge on any atom is -0.477 e. The predicted molar refractivity (Wildman–Crippen MR) is 102 cm³/mol. The maximum atomic E-state index is 14.9. The normalized spacial score (nSPS) is 19.2. The van der Waals surface area contributed by atoms with Crippen molar-refractivity contribution >= 4 is 22.6 Å². The van der Waals surface area contributed by atoms with Gasteiger partial charge in [-0.3, -0.25) is 4.79 Å². The van der Waals surface area contributed by atoms with E-state index < -0.39 is 17.2 Å². The minimum absolute atomic E-state index is 0.103. The van der Waals surface area contributed by atoms with Crippen LogP contribution in [0.3, 0.4) is 0 Å². The van der Waals surface area contributed by atoms with Crippen LogP contribution >= 0.6 is 0 Å². The second-order valence-electron chi connectivity index (χ2n) is 7.15. The van der Waals surface area contributed by atoms with E-state index in [1.54, 1.807) is 10.6 Å². The number of pyridine rings is 1. The Morgan fingerprint density at radius 1 is 1.37 bits per heavy atom. The van der Waals surface area contributed by atoms with Crippen LogP contribution < -0.4 is 15.6 Å². The first-order valence-electron chi connectivity index (χ1n) is 9.17. The summed E-state index contributed by atoms with van der Waals surface area (Å²) in [5.41, 5.74) is 2.73. The Hall–Kier alpha value is -2.67. The molecule has 0 fully saturated rings. The smallest absolute Gasteiger partial charge is 0.341 e. The first kappa shape index (κ1) is 17.7. The topological polar surface area (TPSA) is 74.6 Å². The number of aryl methyl sites for hydroxylation is 1. The fourth-order valence-corrected chi connectivity index (χ4v) is 4.34. The van der Waals surface area contributed by atoms with E-state index in [2.05, 4.69) is 5.32 Å². The fraction of sp³-hybridized carbons (Fsp3) is 0.400. The van der Waals surface area contributed by atoms with E-state index in [0.29, 0.717) is 36.9 Å². The van der Waals surface area contributed by atoms with Gasteiger partial charge in [-0.05, 0) is 50.1 Å². The van der Waals surface area contributed by atoms with E-state index in [9.17, 15) is 19.1 Å². The van der Waals surface area contributed by atoms with Crippen molar-refractivity contribution in [1.29, 1.82) is 0 Å². The minimum atomic E-state index is -1.30. The Kier molecular flexibility index (Phi) is 4.26. The number of aromatic nitrogens is 1. The molecule has 1 aromatic heterocycles. The molecule has 0 bridgehead atoms. The monoisotopic (exact) mass is 371 g/mol. The van der Waals surface area contributed by atoms with Gasteiger partial charge in [0.05, 0.1) is 11.2 Å². The number of rotatable bonds is 4. The Morgan fingerprint density at radius 3 is 2.81 bits per heavy atom. The number of aromatic carboxylic acids is 1. The van der Waals surface area contributed by atoms with E-state index in [0.717, 1.165) is 12.8 Å². The standard InChI is InChI=1S/C20H22FN3O3/c1-3-23-10-14(20(26)27)19(25)12-6-15(21)18(7-17(12)23)24-8-11-4-5-16(22-2)13(11)9-24/h6-7,10,16,22H,3-5,8-9H2,1-2H3,(H,26,27). The number of carboxylic acid groups (broad SMARTS) is 1. The average Bonchev–Trinajstić information content (AvgIpc) is 3.22. The summed E-state index contributed by atoms with van der Waals surface area (Å²) < 4.78 is 16.6. The van der Waals surface area contributed by atoms with Crippen LogP contribution in [-0.2, 0) is 6.54 Å². The number of likely N-dealkylation sites (N-methyl/N-ethyl adjacent to an activating group) is 1. The highest BCUT2D eigenvalue weighted by Crippen LogP contribution is 2.36. The SMILES string of the molecule is CCn1cc(C(=O)O)c(=O)c2cc(F)c(N3CC4=C(C3)C(NC)CC4)cc21. The van der Waals surface area contributed by atoms with Crippen molar-refractivity contribution in [2.75, 3.05) is 25.0 Å². The van der Waals surface area contributed by atoms with E-state index in [1.807, 2.05) is 18.9 Å². The van der Waals surface area contributed by atoms with Crippen molar-refractivity contribution in [1.82, 2.24) is 9.88 Å². The Balaban J connectivity index is 1.80. The van der Waals surface area contributed by atoms with Gasteiger partial charge in [0.1, 0.15) is 11.4 Å². The number of fused-ring (bicyclic) bond motifs is 1. The second-order valence-corrected chi connectivity index (χ2v) is 7.15. The van der Waals surface area contributed by atoms with Gasteiger partial charge in [0.15, 0.2) is 0 Å². The molecule has 0 saturated carbocycles. The van der Waals surface area contributed by atoms with Crippen LogP contribution in [0.2, 0.25) is 0 Å². The molecule has 27 heavy (non-hydrogen) atoms. The highest BCUT2D eigenvalue weighted by Gasteiger charge is 2.33. The van der Waals surface area contributed by atoms with Gasteiger partial charge in [0.25, 0.3) is 0 Å². The largest absolute Gasteiger partial charge is 0.477 e. The van der Waals surface area contributed by atoms with E-state index in [4.69, 9.17) is 0 Å². The van der Waals surface area contributed by atoms with Gasteiger partial charge in [-0.2, -0.15) is 0 Å².